The average molecular weight is 528 g/mol. The van der Waals surface area contributed by atoms with Crippen molar-refractivity contribution < 1.29 is 32.3 Å². The molecule has 2 saturated heterocycles. The lowest BCUT2D eigenvalue weighted by Gasteiger charge is -2.33. The van der Waals surface area contributed by atoms with Crippen LogP contribution in [0.15, 0.2) is 40.5 Å². The van der Waals surface area contributed by atoms with E-state index in [1.807, 2.05) is 4.90 Å². The molecule has 2 aromatic rings. The highest BCUT2D eigenvalue weighted by Gasteiger charge is 2.29. The summed E-state index contributed by atoms with van der Waals surface area (Å²) >= 11 is 0.669. The molecule has 0 bridgehead atoms. The Morgan fingerprint density at radius 1 is 1.29 bits per heavy atom. The summed E-state index contributed by atoms with van der Waals surface area (Å²) in [6.45, 7) is 3.13. The number of oxime groups is 1. The van der Waals surface area contributed by atoms with E-state index in [0.717, 1.165) is 6.20 Å². The highest BCUT2D eigenvalue weighted by atomic mass is 32.2. The molecule has 0 spiro atoms. The summed E-state index contributed by atoms with van der Waals surface area (Å²) in [5.74, 6) is -0.672. The number of carbonyl (C=O) groups excluding carboxylic acids is 1. The lowest BCUT2D eigenvalue weighted by atomic mass is 10.1. The summed E-state index contributed by atoms with van der Waals surface area (Å²) in [5, 5.41) is 15.1. The van der Waals surface area contributed by atoms with Crippen LogP contribution in [-0.4, -0.2) is 98.0 Å². The van der Waals surface area contributed by atoms with Crippen molar-refractivity contribution in [3.8, 4) is 0 Å². The zero-order valence-corrected chi connectivity index (χ0v) is 20.4. The summed E-state index contributed by atoms with van der Waals surface area (Å²) in [6, 6.07) is 5.78. The van der Waals surface area contributed by atoms with Gasteiger partial charge in [-0.05, 0) is 12.1 Å². The number of amides is 1. The molecule has 2 aliphatic rings. The summed E-state index contributed by atoms with van der Waals surface area (Å²) in [7, 11) is -3.73. The molecule has 190 valence electrons. The van der Waals surface area contributed by atoms with Crippen molar-refractivity contribution >= 4 is 38.1 Å². The van der Waals surface area contributed by atoms with Gasteiger partial charge in [0, 0.05) is 44.7 Å². The first-order valence-corrected chi connectivity index (χ1v) is 13.3. The molecule has 11 nitrogen and oxygen atoms in total. The van der Waals surface area contributed by atoms with Crippen LogP contribution < -0.4 is 5.32 Å². The van der Waals surface area contributed by atoms with Crippen LogP contribution >= 0.6 is 11.3 Å². The molecular formula is C21H26FN5O6S2. The summed E-state index contributed by atoms with van der Waals surface area (Å²) < 4.78 is 46.1. The number of piperazine rings is 1. The minimum Gasteiger partial charge on any atom is -0.395 e. The van der Waals surface area contributed by atoms with Crippen molar-refractivity contribution in [1.82, 2.24) is 14.2 Å². The SMILES string of the molecule is O=C(Nc1ncc(F)s1)/C(=N/O[C@@H]1CCOC1)c1ccc(S(=O)(=O)N2CCN(CCO)CC2)cc1. The van der Waals surface area contributed by atoms with Crippen molar-refractivity contribution in [2.45, 2.75) is 17.4 Å². The molecule has 1 amide bonds. The highest BCUT2D eigenvalue weighted by Crippen LogP contribution is 2.20. The summed E-state index contributed by atoms with van der Waals surface area (Å²) in [5.41, 5.74) is 0.222. The number of sulfonamides is 1. The molecule has 2 aliphatic heterocycles. The Morgan fingerprint density at radius 3 is 2.63 bits per heavy atom. The number of halogens is 1. The highest BCUT2D eigenvalue weighted by molar-refractivity contribution is 7.89. The van der Waals surface area contributed by atoms with Crippen LogP contribution in [0.4, 0.5) is 9.52 Å². The molecule has 0 aliphatic carbocycles. The number of aliphatic hydroxyl groups is 1. The molecule has 1 aromatic heterocycles. The van der Waals surface area contributed by atoms with E-state index in [0.29, 0.717) is 69.3 Å². The number of nitrogens with one attached hydrogen (secondary N) is 1. The van der Waals surface area contributed by atoms with Crippen LogP contribution in [0.2, 0.25) is 0 Å². The third-order valence-electron chi connectivity index (χ3n) is 5.61. The number of nitrogens with zero attached hydrogens (tertiary/aromatic N) is 4. The van der Waals surface area contributed by atoms with Crippen molar-refractivity contribution in [1.29, 1.82) is 0 Å². The zero-order valence-electron chi connectivity index (χ0n) is 18.8. The summed E-state index contributed by atoms with van der Waals surface area (Å²) in [4.78, 5) is 24.2. The number of aliphatic hydroxyl groups excluding tert-OH is 1. The molecular weight excluding hydrogens is 501 g/mol. The van der Waals surface area contributed by atoms with E-state index in [1.54, 1.807) is 0 Å². The molecule has 0 saturated carbocycles. The van der Waals surface area contributed by atoms with Crippen LogP contribution in [0, 0.1) is 5.13 Å². The first kappa shape index (κ1) is 25.6. The van der Waals surface area contributed by atoms with Crippen LogP contribution in [0.5, 0.6) is 0 Å². The average Bonchev–Trinajstić information content (AvgIpc) is 3.52. The predicted molar refractivity (Wildman–Crippen MR) is 126 cm³/mol. The Bertz CT molecular complexity index is 1140. The van der Waals surface area contributed by atoms with Gasteiger partial charge in [0.2, 0.25) is 10.0 Å². The van der Waals surface area contributed by atoms with Gasteiger partial charge in [0.15, 0.2) is 22.1 Å². The standard InChI is InChI=1S/C21H26FN5O6S2/c22-18-13-23-21(34-18)24-20(29)19(25-33-16-5-12-32-14-16)15-1-3-17(4-2-15)35(30,31)27-8-6-26(7-9-27)10-11-28/h1-4,13,16,28H,5-12,14H2,(H,23,24,29)/b25-19+/t16-/m1/s1. The first-order valence-electron chi connectivity index (χ1n) is 11.0. The van der Waals surface area contributed by atoms with Gasteiger partial charge in [0.05, 0.1) is 30.9 Å². The number of anilines is 1. The minimum atomic E-state index is -3.73. The summed E-state index contributed by atoms with van der Waals surface area (Å²) in [6.07, 6.45) is 1.31. The number of benzene rings is 1. The molecule has 4 rings (SSSR count). The maximum Gasteiger partial charge on any atom is 0.280 e. The Kier molecular flexibility index (Phi) is 8.41. The van der Waals surface area contributed by atoms with Gasteiger partial charge in [0.1, 0.15) is 0 Å². The van der Waals surface area contributed by atoms with Gasteiger partial charge >= 0.3 is 0 Å². The van der Waals surface area contributed by atoms with Crippen LogP contribution in [0.1, 0.15) is 12.0 Å². The van der Waals surface area contributed by atoms with Crippen LogP contribution in [0.25, 0.3) is 0 Å². The van der Waals surface area contributed by atoms with Gasteiger partial charge in [-0.25, -0.2) is 13.4 Å². The second-order valence-electron chi connectivity index (χ2n) is 7.95. The number of hydrogen-bond donors (Lipinski definition) is 2. The van der Waals surface area contributed by atoms with Crippen molar-refractivity contribution in [3.63, 3.8) is 0 Å². The van der Waals surface area contributed by atoms with E-state index in [-0.39, 0.29) is 28.4 Å². The monoisotopic (exact) mass is 527 g/mol. The maximum atomic E-state index is 13.3. The van der Waals surface area contributed by atoms with E-state index in [4.69, 9.17) is 14.7 Å². The smallest absolute Gasteiger partial charge is 0.280 e. The predicted octanol–water partition coefficient (Wildman–Crippen LogP) is 0.729. The van der Waals surface area contributed by atoms with E-state index in [2.05, 4.69) is 15.5 Å². The minimum absolute atomic E-state index is 0.0284. The fraction of sp³-hybridized carbons (Fsp3) is 0.476. The molecule has 14 heteroatoms. The number of hydrogen-bond acceptors (Lipinski definition) is 10. The van der Waals surface area contributed by atoms with Crippen molar-refractivity contribution in [3.05, 3.63) is 41.2 Å². The van der Waals surface area contributed by atoms with E-state index in [9.17, 15) is 17.6 Å². The topological polar surface area (TPSA) is 134 Å². The third-order valence-corrected chi connectivity index (χ3v) is 8.22. The van der Waals surface area contributed by atoms with E-state index in [1.165, 1.54) is 28.6 Å². The van der Waals surface area contributed by atoms with Crippen LogP contribution in [0.3, 0.4) is 0 Å². The van der Waals surface area contributed by atoms with E-state index >= 15 is 0 Å². The Labute approximate surface area is 206 Å². The van der Waals surface area contributed by atoms with Gasteiger partial charge in [-0.1, -0.05) is 28.6 Å². The number of ether oxygens (including phenoxy) is 1. The Balaban J connectivity index is 1.51. The number of carbonyl (C=O) groups is 1. The van der Waals surface area contributed by atoms with Gasteiger partial charge in [-0.2, -0.15) is 8.70 Å². The van der Waals surface area contributed by atoms with Crippen LogP contribution in [-0.2, 0) is 24.4 Å². The Morgan fingerprint density at radius 2 is 2.03 bits per heavy atom. The fourth-order valence-electron chi connectivity index (χ4n) is 3.69. The normalized spacial score (nSPS) is 20.2. The van der Waals surface area contributed by atoms with Gasteiger partial charge in [-0.15, -0.1) is 0 Å². The molecule has 0 radical (unpaired) electrons. The zero-order chi connectivity index (χ0) is 24.8. The lowest BCUT2D eigenvalue weighted by molar-refractivity contribution is -0.110. The molecule has 1 aromatic carbocycles. The number of aromatic nitrogens is 1. The van der Waals surface area contributed by atoms with Crippen molar-refractivity contribution in [2.24, 2.45) is 5.16 Å². The second kappa shape index (κ2) is 11.5. The molecule has 2 N–H and O–H groups in total. The second-order valence-corrected chi connectivity index (χ2v) is 10.9. The molecule has 3 heterocycles. The fourth-order valence-corrected chi connectivity index (χ4v) is 5.65. The molecule has 35 heavy (non-hydrogen) atoms. The van der Waals surface area contributed by atoms with E-state index < -0.39 is 21.1 Å². The van der Waals surface area contributed by atoms with Gasteiger partial charge in [0.25, 0.3) is 5.91 Å². The lowest BCUT2D eigenvalue weighted by Crippen LogP contribution is -2.49. The quantitative estimate of drug-likeness (QED) is 0.360. The first-order chi connectivity index (χ1) is 16.9. The Hall–Kier alpha value is -2.49. The third kappa shape index (κ3) is 6.39. The maximum absolute atomic E-state index is 13.3. The molecule has 0 unspecified atom stereocenters. The molecule has 1 atom stereocenters. The molecule has 2 fully saturated rings. The van der Waals surface area contributed by atoms with Gasteiger partial charge in [-0.3, -0.25) is 15.0 Å². The largest absolute Gasteiger partial charge is 0.395 e. The van der Waals surface area contributed by atoms with Crippen molar-refractivity contribution in [2.75, 3.05) is 57.9 Å². The van der Waals surface area contributed by atoms with Gasteiger partial charge < -0.3 is 14.7 Å². The number of thiazole rings is 1. The number of rotatable bonds is 9. The number of β-amino-alcohol motifs (C(OH)–C–C–N with tert-alkyl or cyclic N) is 1.